The molecule has 0 radical (unpaired) electrons. The highest BCUT2D eigenvalue weighted by Crippen LogP contribution is 2.29. The Labute approximate surface area is 191 Å². The SMILES string of the molecule is CCNC(=NCc1ccc(CN2CC(C)OC(C)C2)cc1)Nc1ccc(OC)c(OC)c1. The lowest BCUT2D eigenvalue weighted by molar-refractivity contribution is -0.0704. The fourth-order valence-corrected chi connectivity index (χ4v) is 3.95. The van der Waals surface area contributed by atoms with E-state index in [1.807, 2.05) is 25.1 Å². The Hall–Kier alpha value is -2.77. The average Bonchev–Trinajstić information content (AvgIpc) is 2.78. The smallest absolute Gasteiger partial charge is 0.196 e. The minimum atomic E-state index is 0.287. The van der Waals surface area contributed by atoms with Crippen LogP contribution in [0.25, 0.3) is 0 Å². The van der Waals surface area contributed by atoms with Crippen molar-refractivity contribution in [1.82, 2.24) is 10.2 Å². The second kappa shape index (κ2) is 11.7. The van der Waals surface area contributed by atoms with Gasteiger partial charge in [-0.15, -0.1) is 0 Å². The third kappa shape index (κ3) is 6.87. The first-order chi connectivity index (χ1) is 15.5. The molecule has 2 aromatic rings. The van der Waals surface area contributed by atoms with Crippen LogP contribution in [-0.2, 0) is 17.8 Å². The molecule has 2 unspecified atom stereocenters. The van der Waals surface area contributed by atoms with Crippen LogP contribution in [0.2, 0.25) is 0 Å². The van der Waals surface area contributed by atoms with Crippen LogP contribution in [0.3, 0.4) is 0 Å². The first-order valence-electron chi connectivity index (χ1n) is 11.2. The summed E-state index contributed by atoms with van der Waals surface area (Å²) in [5.74, 6) is 2.09. The third-order valence-electron chi connectivity index (χ3n) is 5.33. The fourth-order valence-electron chi connectivity index (χ4n) is 3.95. The third-order valence-corrected chi connectivity index (χ3v) is 5.33. The molecule has 2 atom stereocenters. The van der Waals surface area contributed by atoms with E-state index >= 15 is 0 Å². The summed E-state index contributed by atoms with van der Waals surface area (Å²) < 4.78 is 16.5. The molecule has 0 saturated carbocycles. The van der Waals surface area contributed by atoms with Gasteiger partial charge in [0.15, 0.2) is 17.5 Å². The second-order valence-corrected chi connectivity index (χ2v) is 8.16. The minimum Gasteiger partial charge on any atom is -0.493 e. The normalized spacial score (nSPS) is 19.5. The maximum atomic E-state index is 5.83. The zero-order valence-corrected chi connectivity index (χ0v) is 19.9. The molecular formula is C25H36N4O3. The lowest BCUT2D eigenvalue weighted by Crippen LogP contribution is -2.44. The van der Waals surface area contributed by atoms with Crippen LogP contribution in [-0.4, -0.2) is 56.9 Å². The molecule has 1 aliphatic rings. The van der Waals surface area contributed by atoms with E-state index in [1.54, 1.807) is 14.2 Å². The lowest BCUT2D eigenvalue weighted by atomic mass is 10.1. The van der Waals surface area contributed by atoms with Gasteiger partial charge in [0.2, 0.25) is 0 Å². The Morgan fingerprint density at radius 1 is 1.00 bits per heavy atom. The van der Waals surface area contributed by atoms with Gasteiger partial charge in [-0.1, -0.05) is 24.3 Å². The van der Waals surface area contributed by atoms with Gasteiger partial charge in [-0.2, -0.15) is 0 Å². The number of morpholine rings is 1. The Balaban J connectivity index is 1.61. The molecule has 2 aromatic carbocycles. The lowest BCUT2D eigenvalue weighted by Gasteiger charge is -2.35. The highest BCUT2D eigenvalue weighted by molar-refractivity contribution is 5.93. The van der Waals surface area contributed by atoms with E-state index in [1.165, 1.54) is 11.1 Å². The summed E-state index contributed by atoms with van der Waals surface area (Å²) in [6.45, 7) is 10.6. The van der Waals surface area contributed by atoms with Crippen molar-refractivity contribution in [2.24, 2.45) is 4.99 Å². The van der Waals surface area contributed by atoms with Crippen LogP contribution >= 0.6 is 0 Å². The number of ether oxygens (including phenoxy) is 3. The maximum Gasteiger partial charge on any atom is 0.196 e. The van der Waals surface area contributed by atoms with Crippen LogP contribution in [0.5, 0.6) is 11.5 Å². The van der Waals surface area contributed by atoms with Gasteiger partial charge < -0.3 is 24.8 Å². The van der Waals surface area contributed by atoms with Gasteiger partial charge in [-0.05, 0) is 44.0 Å². The van der Waals surface area contributed by atoms with Crippen LogP contribution in [0.4, 0.5) is 5.69 Å². The molecule has 1 heterocycles. The number of nitrogens with one attached hydrogen (secondary N) is 2. The average molecular weight is 441 g/mol. The van der Waals surface area contributed by atoms with Crippen molar-refractivity contribution in [3.63, 3.8) is 0 Å². The van der Waals surface area contributed by atoms with Crippen molar-refractivity contribution in [2.75, 3.05) is 39.2 Å². The summed E-state index contributed by atoms with van der Waals surface area (Å²) in [5, 5.41) is 6.62. The van der Waals surface area contributed by atoms with Crippen molar-refractivity contribution in [3.05, 3.63) is 53.6 Å². The summed E-state index contributed by atoms with van der Waals surface area (Å²) >= 11 is 0. The molecule has 0 bridgehead atoms. The van der Waals surface area contributed by atoms with Gasteiger partial charge in [0.05, 0.1) is 33.0 Å². The number of benzene rings is 2. The van der Waals surface area contributed by atoms with E-state index in [0.717, 1.165) is 37.8 Å². The zero-order valence-electron chi connectivity index (χ0n) is 19.9. The predicted molar refractivity (Wildman–Crippen MR) is 130 cm³/mol. The van der Waals surface area contributed by atoms with Crippen LogP contribution < -0.4 is 20.1 Å². The molecule has 0 amide bonds. The second-order valence-electron chi connectivity index (χ2n) is 8.16. The van der Waals surface area contributed by atoms with Crippen LogP contribution in [0.1, 0.15) is 31.9 Å². The monoisotopic (exact) mass is 440 g/mol. The number of hydrogen-bond donors (Lipinski definition) is 2. The molecule has 2 N–H and O–H groups in total. The fraction of sp³-hybridized carbons (Fsp3) is 0.480. The van der Waals surface area contributed by atoms with Crippen molar-refractivity contribution in [1.29, 1.82) is 0 Å². The van der Waals surface area contributed by atoms with Crippen molar-refractivity contribution < 1.29 is 14.2 Å². The van der Waals surface area contributed by atoms with Crippen LogP contribution in [0, 0.1) is 0 Å². The van der Waals surface area contributed by atoms with Gasteiger partial charge in [0.25, 0.3) is 0 Å². The maximum absolute atomic E-state index is 5.83. The van der Waals surface area contributed by atoms with Crippen molar-refractivity contribution in [3.8, 4) is 11.5 Å². The van der Waals surface area contributed by atoms with E-state index in [9.17, 15) is 0 Å². The van der Waals surface area contributed by atoms with E-state index in [4.69, 9.17) is 19.2 Å². The Morgan fingerprint density at radius 2 is 1.66 bits per heavy atom. The first kappa shape index (κ1) is 23.9. The molecule has 1 saturated heterocycles. The van der Waals surface area contributed by atoms with Gasteiger partial charge in [-0.25, -0.2) is 4.99 Å². The number of rotatable bonds is 8. The first-order valence-corrected chi connectivity index (χ1v) is 11.2. The molecular weight excluding hydrogens is 404 g/mol. The molecule has 1 aliphatic heterocycles. The Bertz CT molecular complexity index is 875. The highest BCUT2D eigenvalue weighted by atomic mass is 16.5. The van der Waals surface area contributed by atoms with Gasteiger partial charge in [-0.3, -0.25) is 4.90 Å². The van der Waals surface area contributed by atoms with Crippen molar-refractivity contribution >= 4 is 11.6 Å². The topological polar surface area (TPSA) is 67.4 Å². The number of guanidine groups is 1. The number of nitrogens with zero attached hydrogens (tertiary/aromatic N) is 2. The van der Waals surface area contributed by atoms with Crippen molar-refractivity contribution in [2.45, 2.75) is 46.1 Å². The van der Waals surface area contributed by atoms with E-state index in [0.29, 0.717) is 18.0 Å². The standard InChI is InChI=1S/C25H36N4O3/c1-6-26-25(28-22-11-12-23(30-4)24(13-22)31-5)27-14-20-7-9-21(10-8-20)17-29-15-18(2)32-19(3)16-29/h7-13,18-19H,6,14-17H2,1-5H3,(H2,26,27,28). The number of aliphatic imine (C=N–C) groups is 1. The summed E-state index contributed by atoms with van der Waals surface area (Å²) in [6.07, 6.45) is 0.574. The minimum absolute atomic E-state index is 0.287. The summed E-state index contributed by atoms with van der Waals surface area (Å²) in [7, 11) is 3.26. The summed E-state index contributed by atoms with van der Waals surface area (Å²) in [4.78, 5) is 7.20. The Morgan fingerprint density at radius 3 is 2.28 bits per heavy atom. The Kier molecular flexibility index (Phi) is 8.76. The summed E-state index contributed by atoms with van der Waals surface area (Å²) in [5.41, 5.74) is 3.36. The molecule has 7 heteroatoms. The van der Waals surface area contributed by atoms with Crippen LogP contribution in [0.15, 0.2) is 47.5 Å². The van der Waals surface area contributed by atoms with Gasteiger partial charge in [0.1, 0.15) is 0 Å². The molecule has 0 spiro atoms. The number of methoxy groups -OCH3 is 2. The molecule has 32 heavy (non-hydrogen) atoms. The quantitative estimate of drug-likeness (QED) is 0.480. The largest absolute Gasteiger partial charge is 0.493 e. The van der Waals surface area contributed by atoms with E-state index in [2.05, 4.69) is 53.6 Å². The molecule has 174 valence electrons. The van der Waals surface area contributed by atoms with Gasteiger partial charge in [0, 0.05) is 37.9 Å². The molecule has 0 aromatic heterocycles. The molecule has 0 aliphatic carbocycles. The predicted octanol–water partition coefficient (Wildman–Crippen LogP) is 3.89. The zero-order chi connectivity index (χ0) is 22.9. The van der Waals surface area contributed by atoms with E-state index in [-0.39, 0.29) is 12.2 Å². The molecule has 7 nitrogen and oxygen atoms in total. The number of anilines is 1. The molecule has 3 rings (SSSR count). The van der Waals surface area contributed by atoms with E-state index < -0.39 is 0 Å². The number of hydrogen-bond acceptors (Lipinski definition) is 5. The molecule has 1 fully saturated rings. The van der Waals surface area contributed by atoms with Gasteiger partial charge >= 0.3 is 0 Å². The summed E-state index contributed by atoms with van der Waals surface area (Å²) in [6, 6.07) is 14.4. The highest BCUT2D eigenvalue weighted by Gasteiger charge is 2.21.